The lowest BCUT2D eigenvalue weighted by molar-refractivity contribution is -0.124. The summed E-state index contributed by atoms with van der Waals surface area (Å²) in [7, 11) is 0. The Balaban J connectivity index is 2.15. The Labute approximate surface area is 108 Å². The molecule has 1 aliphatic heterocycles. The van der Waals surface area contributed by atoms with Crippen molar-refractivity contribution in [2.75, 3.05) is 11.9 Å². The van der Waals surface area contributed by atoms with Crippen molar-refractivity contribution in [3.05, 3.63) is 28.2 Å². The van der Waals surface area contributed by atoms with Gasteiger partial charge in [0, 0.05) is 11.1 Å². The van der Waals surface area contributed by atoms with Gasteiger partial charge in [0.25, 0.3) is 5.91 Å². The molecule has 1 atom stereocenters. The quantitative estimate of drug-likeness (QED) is 0.911. The first-order valence-electron chi connectivity index (χ1n) is 5.33. The van der Waals surface area contributed by atoms with Crippen LogP contribution in [0.3, 0.4) is 0 Å². The topological polar surface area (TPSA) is 62.1 Å². The van der Waals surface area contributed by atoms with E-state index in [1.165, 1.54) is 0 Å². The van der Waals surface area contributed by atoms with Crippen molar-refractivity contribution in [3.8, 4) is 6.07 Å². The average molecular weight is 295 g/mol. The van der Waals surface area contributed by atoms with Crippen molar-refractivity contribution < 1.29 is 9.53 Å². The number of nitriles is 1. The zero-order valence-electron chi connectivity index (χ0n) is 9.07. The van der Waals surface area contributed by atoms with E-state index in [0.717, 1.165) is 17.3 Å². The summed E-state index contributed by atoms with van der Waals surface area (Å²) in [6.07, 6.45) is 1.25. The monoisotopic (exact) mass is 294 g/mol. The number of benzene rings is 1. The molecule has 1 N–H and O–H groups in total. The van der Waals surface area contributed by atoms with Gasteiger partial charge in [-0.05, 0) is 31.0 Å². The van der Waals surface area contributed by atoms with Crippen LogP contribution >= 0.6 is 15.9 Å². The van der Waals surface area contributed by atoms with E-state index in [4.69, 9.17) is 10.00 Å². The molecule has 1 aliphatic rings. The van der Waals surface area contributed by atoms with Crippen molar-refractivity contribution in [1.29, 1.82) is 5.26 Å². The minimum absolute atomic E-state index is 0.183. The third kappa shape index (κ3) is 2.84. The summed E-state index contributed by atoms with van der Waals surface area (Å²) in [6.45, 7) is 0.627. The number of nitrogens with one attached hydrogen (secondary N) is 1. The molecule has 0 bridgehead atoms. The van der Waals surface area contributed by atoms with Crippen LogP contribution in [-0.4, -0.2) is 18.6 Å². The van der Waals surface area contributed by atoms with Crippen molar-refractivity contribution in [2.24, 2.45) is 0 Å². The zero-order valence-corrected chi connectivity index (χ0v) is 10.7. The number of amides is 1. The second-order valence-electron chi connectivity index (χ2n) is 3.79. The van der Waals surface area contributed by atoms with Crippen LogP contribution in [0.5, 0.6) is 0 Å². The number of nitrogens with zero attached hydrogens (tertiary/aromatic N) is 1. The number of hydrogen-bond acceptors (Lipinski definition) is 3. The second-order valence-corrected chi connectivity index (χ2v) is 4.71. The third-order valence-electron chi connectivity index (χ3n) is 2.58. The first kappa shape index (κ1) is 12.1. The molecule has 0 aromatic heterocycles. The van der Waals surface area contributed by atoms with Crippen molar-refractivity contribution in [3.63, 3.8) is 0 Å². The van der Waals surface area contributed by atoms with Crippen LogP contribution in [0.1, 0.15) is 18.4 Å². The van der Waals surface area contributed by atoms with E-state index >= 15 is 0 Å². The molecule has 4 nitrogen and oxygen atoms in total. The normalized spacial score (nSPS) is 18.7. The lowest BCUT2D eigenvalue weighted by Crippen LogP contribution is -2.27. The maximum atomic E-state index is 11.8. The third-order valence-corrected chi connectivity index (χ3v) is 3.08. The van der Waals surface area contributed by atoms with Crippen LogP contribution in [-0.2, 0) is 9.53 Å². The molecule has 1 amide bonds. The van der Waals surface area contributed by atoms with E-state index in [9.17, 15) is 4.79 Å². The van der Waals surface area contributed by atoms with E-state index in [1.807, 2.05) is 6.07 Å². The maximum absolute atomic E-state index is 11.8. The molecule has 17 heavy (non-hydrogen) atoms. The van der Waals surface area contributed by atoms with E-state index in [1.54, 1.807) is 18.2 Å². The molecule has 1 heterocycles. The molecule has 88 valence electrons. The summed E-state index contributed by atoms with van der Waals surface area (Å²) in [5.41, 5.74) is 0.960. The Morgan fingerprint density at radius 3 is 3.06 bits per heavy atom. The SMILES string of the molecule is N#Cc1ccc(Br)cc1NC(=O)C1CCCO1. The highest BCUT2D eigenvalue weighted by atomic mass is 79.9. The minimum Gasteiger partial charge on any atom is -0.368 e. The van der Waals surface area contributed by atoms with Gasteiger partial charge in [-0.2, -0.15) is 5.26 Å². The van der Waals surface area contributed by atoms with Crippen LogP contribution in [0.25, 0.3) is 0 Å². The molecule has 0 spiro atoms. The molecule has 1 aromatic carbocycles. The van der Waals surface area contributed by atoms with Crippen molar-refractivity contribution in [1.82, 2.24) is 0 Å². The van der Waals surface area contributed by atoms with Crippen LogP contribution in [0.2, 0.25) is 0 Å². The standard InChI is InChI=1S/C12H11BrN2O2/c13-9-4-3-8(7-14)10(6-9)15-12(16)11-2-1-5-17-11/h3-4,6,11H,1-2,5H2,(H,15,16). The zero-order chi connectivity index (χ0) is 12.3. The van der Waals surface area contributed by atoms with Gasteiger partial charge in [0.05, 0.1) is 11.3 Å². The number of anilines is 1. The molecular weight excluding hydrogens is 284 g/mol. The summed E-state index contributed by atoms with van der Waals surface area (Å²) in [5.74, 6) is -0.183. The van der Waals surface area contributed by atoms with Crippen LogP contribution in [0.4, 0.5) is 5.69 Å². The minimum atomic E-state index is -0.388. The number of hydrogen-bond donors (Lipinski definition) is 1. The predicted octanol–water partition coefficient (Wildman–Crippen LogP) is 2.44. The first-order chi connectivity index (χ1) is 8.20. The van der Waals surface area contributed by atoms with Gasteiger partial charge in [-0.3, -0.25) is 4.79 Å². The number of rotatable bonds is 2. The smallest absolute Gasteiger partial charge is 0.253 e. The van der Waals surface area contributed by atoms with E-state index in [2.05, 4.69) is 21.2 Å². The number of carbonyl (C=O) groups excluding carboxylic acids is 1. The molecule has 0 radical (unpaired) electrons. The van der Waals surface area contributed by atoms with Gasteiger partial charge in [-0.25, -0.2) is 0 Å². The molecule has 0 aliphatic carbocycles. The van der Waals surface area contributed by atoms with Gasteiger partial charge in [0.1, 0.15) is 12.2 Å². The molecule has 2 rings (SSSR count). The number of halogens is 1. The fourth-order valence-corrected chi connectivity index (χ4v) is 2.08. The Hall–Kier alpha value is -1.38. The van der Waals surface area contributed by atoms with Crippen LogP contribution < -0.4 is 5.32 Å². The largest absolute Gasteiger partial charge is 0.368 e. The highest BCUT2D eigenvalue weighted by molar-refractivity contribution is 9.10. The average Bonchev–Trinajstić information content (AvgIpc) is 2.83. The van der Waals surface area contributed by atoms with Gasteiger partial charge >= 0.3 is 0 Å². The predicted molar refractivity (Wildman–Crippen MR) is 66.5 cm³/mol. The highest BCUT2D eigenvalue weighted by Crippen LogP contribution is 2.22. The van der Waals surface area contributed by atoms with Crippen LogP contribution in [0.15, 0.2) is 22.7 Å². The molecule has 1 fully saturated rings. The van der Waals surface area contributed by atoms with Crippen molar-refractivity contribution >= 4 is 27.5 Å². The molecule has 1 unspecified atom stereocenters. The summed E-state index contributed by atoms with van der Waals surface area (Å²) in [4.78, 5) is 11.8. The summed E-state index contributed by atoms with van der Waals surface area (Å²) < 4.78 is 6.10. The van der Waals surface area contributed by atoms with E-state index in [0.29, 0.717) is 17.9 Å². The molecule has 5 heteroatoms. The molecule has 1 aromatic rings. The van der Waals surface area contributed by atoms with Gasteiger partial charge in [-0.15, -0.1) is 0 Å². The van der Waals surface area contributed by atoms with Gasteiger partial charge in [-0.1, -0.05) is 15.9 Å². The molecule has 1 saturated heterocycles. The van der Waals surface area contributed by atoms with Crippen molar-refractivity contribution in [2.45, 2.75) is 18.9 Å². The fourth-order valence-electron chi connectivity index (χ4n) is 1.72. The summed E-state index contributed by atoms with van der Waals surface area (Å²) in [5, 5.41) is 11.7. The highest BCUT2D eigenvalue weighted by Gasteiger charge is 2.24. The summed E-state index contributed by atoms with van der Waals surface area (Å²) in [6, 6.07) is 7.18. The molecular formula is C12H11BrN2O2. The Morgan fingerprint density at radius 1 is 1.59 bits per heavy atom. The Bertz CT molecular complexity index is 476. The van der Waals surface area contributed by atoms with E-state index < -0.39 is 0 Å². The lowest BCUT2D eigenvalue weighted by atomic mass is 10.1. The van der Waals surface area contributed by atoms with Crippen LogP contribution in [0, 0.1) is 11.3 Å². The first-order valence-corrected chi connectivity index (χ1v) is 6.12. The number of ether oxygens (including phenoxy) is 1. The van der Waals surface area contributed by atoms with Gasteiger partial charge < -0.3 is 10.1 Å². The maximum Gasteiger partial charge on any atom is 0.253 e. The Kier molecular flexibility index (Phi) is 3.77. The fraction of sp³-hybridized carbons (Fsp3) is 0.333. The molecule has 0 saturated carbocycles. The summed E-state index contributed by atoms with van der Waals surface area (Å²) >= 11 is 3.31. The van der Waals surface area contributed by atoms with Gasteiger partial charge in [0.15, 0.2) is 0 Å². The second kappa shape index (κ2) is 5.30. The Morgan fingerprint density at radius 2 is 2.41 bits per heavy atom. The lowest BCUT2D eigenvalue weighted by Gasteiger charge is -2.11. The number of carbonyl (C=O) groups is 1. The van der Waals surface area contributed by atoms with Gasteiger partial charge in [0.2, 0.25) is 0 Å². The van der Waals surface area contributed by atoms with E-state index in [-0.39, 0.29) is 12.0 Å².